The van der Waals surface area contributed by atoms with Gasteiger partial charge in [-0.25, -0.2) is 9.07 Å². The van der Waals surface area contributed by atoms with Gasteiger partial charge in [0.25, 0.3) is 0 Å². The van der Waals surface area contributed by atoms with Crippen LogP contribution < -0.4 is 0 Å². The molecular formula is C18H21FN6O. The molecule has 136 valence electrons. The molecule has 8 heteroatoms. The maximum Gasteiger partial charge on any atom is 0.244 e. The fraction of sp³-hybridized carbons (Fsp3) is 0.556. The van der Waals surface area contributed by atoms with E-state index in [-0.39, 0.29) is 30.2 Å². The van der Waals surface area contributed by atoms with Crippen molar-refractivity contribution in [2.75, 3.05) is 19.6 Å². The molecule has 1 aromatic carbocycles. The molecule has 4 aliphatic rings. The maximum atomic E-state index is 13.4. The van der Waals surface area contributed by atoms with Gasteiger partial charge in [-0.2, -0.15) is 0 Å². The van der Waals surface area contributed by atoms with Crippen molar-refractivity contribution < 1.29 is 9.18 Å². The van der Waals surface area contributed by atoms with Crippen molar-refractivity contribution in [3.05, 3.63) is 42.0 Å². The van der Waals surface area contributed by atoms with E-state index in [1.807, 2.05) is 17.0 Å². The Bertz CT molecular complexity index is 787. The normalized spacial score (nSPS) is 32.7. The quantitative estimate of drug-likeness (QED) is 0.818. The number of carbonyl (C=O) groups is 1. The van der Waals surface area contributed by atoms with Crippen LogP contribution in [0.1, 0.15) is 24.3 Å². The van der Waals surface area contributed by atoms with E-state index in [4.69, 9.17) is 0 Å². The molecule has 4 saturated heterocycles. The summed E-state index contributed by atoms with van der Waals surface area (Å²) in [5.74, 6) is 0.612. The molecule has 26 heavy (non-hydrogen) atoms. The smallest absolute Gasteiger partial charge is 0.244 e. The van der Waals surface area contributed by atoms with Crippen molar-refractivity contribution in [2.24, 2.45) is 5.92 Å². The number of likely N-dealkylation sites (tertiary alicyclic amines) is 1. The summed E-state index contributed by atoms with van der Waals surface area (Å²) in [6.07, 6.45) is 3.76. The molecule has 6 rings (SSSR count). The lowest BCUT2D eigenvalue weighted by Gasteiger charge is -2.51. The van der Waals surface area contributed by atoms with Crippen LogP contribution in [0.4, 0.5) is 4.39 Å². The van der Waals surface area contributed by atoms with E-state index in [2.05, 4.69) is 20.4 Å². The second-order valence-corrected chi connectivity index (χ2v) is 7.57. The van der Waals surface area contributed by atoms with E-state index >= 15 is 0 Å². The summed E-state index contributed by atoms with van der Waals surface area (Å²) in [5, 5.41) is 11.0. The molecule has 1 amide bonds. The van der Waals surface area contributed by atoms with Crippen LogP contribution in [0.25, 0.3) is 0 Å². The number of nitrogens with zero attached hydrogens (tertiary/aromatic N) is 6. The fourth-order valence-corrected chi connectivity index (χ4v) is 5.19. The number of hydrogen-bond donors (Lipinski definition) is 0. The van der Waals surface area contributed by atoms with Gasteiger partial charge in [0.2, 0.25) is 5.91 Å². The van der Waals surface area contributed by atoms with Gasteiger partial charge >= 0.3 is 0 Å². The Hall–Kier alpha value is -2.35. The predicted molar refractivity (Wildman–Crippen MR) is 90.5 cm³/mol. The highest BCUT2D eigenvalue weighted by Gasteiger charge is 2.54. The first-order chi connectivity index (χ1) is 12.7. The van der Waals surface area contributed by atoms with Crippen LogP contribution in [0, 0.1) is 11.7 Å². The van der Waals surface area contributed by atoms with Gasteiger partial charge in [0.15, 0.2) is 0 Å². The molecule has 1 aromatic heterocycles. The van der Waals surface area contributed by atoms with Gasteiger partial charge in [-0.15, -0.1) is 5.10 Å². The number of benzene rings is 1. The number of hydrogen-bond acceptors (Lipinski definition) is 5. The van der Waals surface area contributed by atoms with Crippen LogP contribution in [-0.4, -0.2) is 67.6 Å². The average Bonchev–Trinajstić information content (AvgIpc) is 3.32. The molecule has 0 radical (unpaired) electrons. The van der Waals surface area contributed by atoms with Crippen LogP contribution in [-0.2, 0) is 11.3 Å². The van der Waals surface area contributed by atoms with Crippen LogP contribution in [0.15, 0.2) is 30.6 Å². The lowest BCUT2D eigenvalue weighted by Crippen LogP contribution is -2.61. The van der Waals surface area contributed by atoms with Gasteiger partial charge in [0, 0.05) is 18.5 Å². The van der Waals surface area contributed by atoms with Gasteiger partial charge < -0.3 is 4.90 Å². The first kappa shape index (κ1) is 15.9. The monoisotopic (exact) mass is 356 g/mol. The van der Waals surface area contributed by atoms with Crippen LogP contribution in [0.3, 0.4) is 0 Å². The van der Waals surface area contributed by atoms with Crippen molar-refractivity contribution in [3.8, 4) is 0 Å². The van der Waals surface area contributed by atoms with E-state index in [0.29, 0.717) is 18.5 Å². The van der Waals surface area contributed by atoms with Crippen molar-refractivity contribution in [1.29, 1.82) is 0 Å². The summed E-state index contributed by atoms with van der Waals surface area (Å²) < 4.78 is 14.9. The Morgan fingerprint density at radius 1 is 1.15 bits per heavy atom. The van der Waals surface area contributed by atoms with Gasteiger partial charge in [0.05, 0.1) is 6.04 Å². The summed E-state index contributed by atoms with van der Waals surface area (Å²) in [4.78, 5) is 17.6. The molecule has 0 unspecified atom stereocenters. The van der Waals surface area contributed by atoms with Gasteiger partial charge in [-0.3, -0.25) is 9.69 Å². The highest BCUT2D eigenvalue weighted by atomic mass is 19.1. The van der Waals surface area contributed by atoms with Crippen molar-refractivity contribution in [1.82, 2.24) is 30.0 Å². The molecule has 5 heterocycles. The number of rotatable bonds is 3. The Morgan fingerprint density at radius 2 is 1.92 bits per heavy atom. The van der Waals surface area contributed by atoms with Gasteiger partial charge in [-0.05, 0) is 60.0 Å². The van der Waals surface area contributed by atoms with Crippen LogP contribution in [0.2, 0.25) is 0 Å². The third kappa shape index (κ3) is 2.51. The van der Waals surface area contributed by atoms with Gasteiger partial charge in [0.1, 0.15) is 18.7 Å². The Kier molecular flexibility index (Phi) is 3.74. The molecule has 2 bridgehead atoms. The zero-order valence-electron chi connectivity index (χ0n) is 14.4. The molecule has 0 N–H and O–H groups in total. The molecule has 0 saturated carbocycles. The lowest BCUT2D eigenvalue weighted by atomic mass is 9.75. The Morgan fingerprint density at radius 3 is 2.62 bits per heavy atom. The first-order valence-corrected chi connectivity index (χ1v) is 9.20. The van der Waals surface area contributed by atoms with Gasteiger partial charge in [-0.1, -0.05) is 12.1 Å². The maximum absolute atomic E-state index is 13.4. The number of aromatic nitrogens is 4. The molecule has 2 aromatic rings. The second kappa shape index (κ2) is 6.12. The number of halogens is 1. The summed E-state index contributed by atoms with van der Waals surface area (Å²) in [5.41, 5.74) is 1.12. The van der Waals surface area contributed by atoms with Crippen molar-refractivity contribution in [2.45, 2.75) is 37.4 Å². The minimum absolute atomic E-state index is 0.0608. The molecular weight excluding hydrogens is 335 g/mol. The molecule has 0 spiro atoms. The number of carbonyl (C=O) groups excluding carboxylic acids is 1. The number of piperidine rings is 3. The zero-order valence-corrected chi connectivity index (χ0v) is 14.4. The number of fused-ring (bicyclic) bond motifs is 2. The molecule has 7 nitrogen and oxygen atoms in total. The summed E-state index contributed by atoms with van der Waals surface area (Å²) in [6, 6.07) is 7.34. The molecule has 4 aliphatic heterocycles. The SMILES string of the molecule is O=C(Cn1cnnn1)N1C[C@@H](c2ccc(F)cc2)[C@@H]2[C@H]1C1CCN2CC1. The third-order valence-electron chi connectivity index (χ3n) is 6.30. The minimum Gasteiger partial charge on any atom is -0.336 e. The topological polar surface area (TPSA) is 67.2 Å². The minimum atomic E-state index is -0.222. The number of amides is 1. The lowest BCUT2D eigenvalue weighted by molar-refractivity contribution is -0.136. The van der Waals surface area contributed by atoms with E-state index in [1.54, 1.807) is 0 Å². The summed E-state index contributed by atoms with van der Waals surface area (Å²) in [7, 11) is 0. The molecule has 0 aliphatic carbocycles. The zero-order chi connectivity index (χ0) is 17.7. The molecule has 3 atom stereocenters. The standard InChI is InChI=1S/C18H21FN6O/c19-14-3-1-12(2-4-14)15-9-25(16(26)10-24-11-20-21-22-24)17-13-5-7-23(8-6-13)18(15)17/h1-4,11,13,15,17-18H,5-10H2/t15-,17+,18+/m0/s1. The van der Waals surface area contributed by atoms with E-state index < -0.39 is 0 Å². The second-order valence-electron chi connectivity index (χ2n) is 7.57. The number of tetrazole rings is 1. The van der Waals surface area contributed by atoms with Crippen molar-refractivity contribution in [3.63, 3.8) is 0 Å². The molecule has 4 fully saturated rings. The van der Waals surface area contributed by atoms with E-state index in [9.17, 15) is 9.18 Å². The van der Waals surface area contributed by atoms with Crippen LogP contribution in [0.5, 0.6) is 0 Å². The van der Waals surface area contributed by atoms with E-state index in [0.717, 1.165) is 31.5 Å². The largest absolute Gasteiger partial charge is 0.336 e. The Balaban J connectivity index is 1.46. The van der Waals surface area contributed by atoms with E-state index in [1.165, 1.54) is 23.1 Å². The first-order valence-electron chi connectivity index (χ1n) is 9.20. The highest BCUT2D eigenvalue weighted by molar-refractivity contribution is 5.77. The highest BCUT2D eigenvalue weighted by Crippen LogP contribution is 2.46. The summed E-state index contributed by atoms with van der Waals surface area (Å²) >= 11 is 0. The Labute approximate surface area is 150 Å². The average molecular weight is 356 g/mol. The predicted octanol–water partition coefficient (Wildman–Crippen LogP) is 0.901. The van der Waals surface area contributed by atoms with Crippen molar-refractivity contribution >= 4 is 5.91 Å². The summed E-state index contributed by atoms with van der Waals surface area (Å²) in [6.45, 7) is 3.03. The third-order valence-corrected chi connectivity index (χ3v) is 6.30. The van der Waals surface area contributed by atoms with Crippen LogP contribution >= 0.6 is 0 Å². The fourth-order valence-electron chi connectivity index (χ4n) is 5.19.